The summed E-state index contributed by atoms with van der Waals surface area (Å²) in [4.78, 5) is 12.1. The molecule has 0 aliphatic rings. The Bertz CT molecular complexity index is 641. The SMILES string of the molecule is CCNC(=O)c1cc(N)ccc1Nc1ccccc1OC. The lowest BCUT2D eigenvalue weighted by Crippen LogP contribution is -2.23. The van der Waals surface area contributed by atoms with E-state index < -0.39 is 0 Å². The van der Waals surface area contributed by atoms with E-state index in [0.29, 0.717) is 29.2 Å². The van der Waals surface area contributed by atoms with Crippen molar-refractivity contribution < 1.29 is 9.53 Å². The van der Waals surface area contributed by atoms with E-state index in [2.05, 4.69) is 10.6 Å². The summed E-state index contributed by atoms with van der Waals surface area (Å²) in [6.45, 7) is 2.43. The van der Waals surface area contributed by atoms with Crippen molar-refractivity contribution in [1.29, 1.82) is 0 Å². The molecule has 2 aromatic carbocycles. The molecule has 2 aromatic rings. The van der Waals surface area contributed by atoms with Crippen LogP contribution in [0.2, 0.25) is 0 Å². The molecular formula is C16H19N3O2. The molecule has 0 aromatic heterocycles. The van der Waals surface area contributed by atoms with E-state index in [1.807, 2.05) is 31.2 Å². The van der Waals surface area contributed by atoms with Crippen LogP contribution in [0.4, 0.5) is 17.1 Å². The largest absolute Gasteiger partial charge is 0.495 e. The summed E-state index contributed by atoms with van der Waals surface area (Å²) in [5, 5.41) is 6.00. The van der Waals surface area contributed by atoms with Gasteiger partial charge in [-0.3, -0.25) is 4.79 Å². The number of carbonyl (C=O) groups is 1. The zero-order valence-corrected chi connectivity index (χ0v) is 12.1. The molecule has 110 valence electrons. The fourth-order valence-electron chi connectivity index (χ4n) is 2.01. The number of para-hydroxylation sites is 2. The van der Waals surface area contributed by atoms with Crippen molar-refractivity contribution in [3.63, 3.8) is 0 Å². The molecule has 0 unspecified atom stereocenters. The van der Waals surface area contributed by atoms with Crippen molar-refractivity contribution in [3.8, 4) is 5.75 Å². The Balaban J connectivity index is 2.37. The van der Waals surface area contributed by atoms with Crippen LogP contribution >= 0.6 is 0 Å². The van der Waals surface area contributed by atoms with Gasteiger partial charge in [-0.25, -0.2) is 0 Å². The molecule has 0 radical (unpaired) electrons. The number of nitrogen functional groups attached to an aromatic ring is 1. The fourth-order valence-corrected chi connectivity index (χ4v) is 2.01. The third-order valence-electron chi connectivity index (χ3n) is 3.00. The van der Waals surface area contributed by atoms with Gasteiger partial charge in [0.1, 0.15) is 5.75 Å². The average Bonchev–Trinajstić information content (AvgIpc) is 2.49. The highest BCUT2D eigenvalue weighted by molar-refractivity contribution is 6.01. The molecule has 1 amide bonds. The molecule has 21 heavy (non-hydrogen) atoms. The third kappa shape index (κ3) is 3.45. The van der Waals surface area contributed by atoms with Gasteiger partial charge in [-0.2, -0.15) is 0 Å². The maximum absolute atomic E-state index is 12.1. The lowest BCUT2D eigenvalue weighted by molar-refractivity contribution is 0.0956. The molecule has 0 aliphatic carbocycles. The number of benzene rings is 2. The van der Waals surface area contributed by atoms with Crippen LogP contribution in [-0.4, -0.2) is 19.6 Å². The minimum atomic E-state index is -0.165. The minimum Gasteiger partial charge on any atom is -0.495 e. The first-order valence-corrected chi connectivity index (χ1v) is 6.73. The lowest BCUT2D eigenvalue weighted by atomic mass is 10.1. The van der Waals surface area contributed by atoms with E-state index in [9.17, 15) is 4.79 Å². The van der Waals surface area contributed by atoms with Crippen LogP contribution in [0, 0.1) is 0 Å². The van der Waals surface area contributed by atoms with Crippen molar-refractivity contribution in [3.05, 3.63) is 48.0 Å². The van der Waals surface area contributed by atoms with Gasteiger partial charge >= 0.3 is 0 Å². The van der Waals surface area contributed by atoms with Crippen molar-refractivity contribution >= 4 is 23.0 Å². The molecule has 0 fully saturated rings. The summed E-state index contributed by atoms with van der Waals surface area (Å²) < 4.78 is 5.30. The van der Waals surface area contributed by atoms with Gasteiger partial charge in [0.25, 0.3) is 5.91 Å². The van der Waals surface area contributed by atoms with Gasteiger partial charge in [0, 0.05) is 12.2 Å². The van der Waals surface area contributed by atoms with E-state index in [4.69, 9.17) is 10.5 Å². The molecule has 4 N–H and O–H groups in total. The van der Waals surface area contributed by atoms with Gasteiger partial charge in [0.15, 0.2) is 0 Å². The standard InChI is InChI=1S/C16H19N3O2/c1-3-18-16(20)12-10-11(17)8-9-13(12)19-14-6-4-5-7-15(14)21-2/h4-10,19H,3,17H2,1-2H3,(H,18,20). The Labute approximate surface area is 124 Å². The number of amides is 1. The quantitative estimate of drug-likeness (QED) is 0.738. The lowest BCUT2D eigenvalue weighted by Gasteiger charge is -2.14. The van der Waals surface area contributed by atoms with Crippen LogP contribution in [-0.2, 0) is 0 Å². The predicted octanol–water partition coefficient (Wildman–Crippen LogP) is 2.77. The van der Waals surface area contributed by atoms with Gasteiger partial charge in [-0.05, 0) is 37.3 Å². The first kappa shape index (κ1) is 14.7. The predicted molar refractivity (Wildman–Crippen MR) is 85.1 cm³/mol. The van der Waals surface area contributed by atoms with Crippen LogP contribution in [0.5, 0.6) is 5.75 Å². The number of ether oxygens (including phenoxy) is 1. The molecule has 0 saturated heterocycles. The van der Waals surface area contributed by atoms with Gasteiger partial charge in [-0.15, -0.1) is 0 Å². The van der Waals surface area contributed by atoms with Gasteiger partial charge < -0.3 is 21.1 Å². The van der Waals surface area contributed by atoms with E-state index in [-0.39, 0.29) is 5.91 Å². The smallest absolute Gasteiger partial charge is 0.253 e. The number of nitrogens with one attached hydrogen (secondary N) is 2. The molecule has 5 nitrogen and oxygen atoms in total. The Morgan fingerprint density at radius 2 is 1.95 bits per heavy atom. The molecule has 0 spiro atoms. The number of hydrogen-bond donors (Lipinski definition) is 3. The maximum atomic E-state index is 12.1. The second-order valence-corrected chi connectivity index (χ2v) is 4.49. The Hall–Kier alpha value is -2.69. The van der Waals surface area contributed by atoms with Crippen molar-refractivity contribution in [2.24, 2.45) is 0 Å². The molecule has 0 atom stereocenters. The van der Waals surface area contributed by atoms with Gasteiger partial charge in [0.05, 0.1) is 24.0 Å². The minimum absolute atomic E-state index is 0.165. The summed E-state index contributed by atoms with van der Waals surface area (Å²) in [6.07, 6.45) is 0. The number of nitrogens with two attached hydrogens (primary N) is 1. The average molecular weight is 285 g/mol. The molecule has 0 heterocycles. The second-order valence-electron chi connectivity index (χ2n) is 4.49. The highest BCUT2D eigenvalue weighted by Gasteiger charge is 2.12. The summed E-state index contributed by atoms with van der Waals surface area (Å²) in [5.41, 5.74) is 8.29. The molecule has 0 bridgehead atoms. The van der Waals surface area contributed by atoms with Crippen LogP contribution in [0.15, 0.2) is 42.5 Å². The van der Waals surface area contributed by atoms with E-state index >= 15 is 0 Å². The molecular weight excluding hydrogens is 266 g/mol. The number of rotatable bonds is 5. The second kappa shape index (κ2) is 6.65. The monoisotopic (exact) mass is 285 g/mol. The first-order valence-electron chi connectivity index (χ1n) is 6.73. The maximum Gasteiger partial charge on any atom is 0.253 e. The molecule has 0 saturated carbocycles. The zero-order chi connectivity index (χ0) is 15.2. The summed E-state index contributed by atoms with van der Waals surface area (Å²) in [5.74, 6) is 0.540. The number of carbonyl (C=O) groups excluding carboxylic acids is 1. The third-order valence-corrected chi connectivity index (χ3v) is 3.00. The molecule has 2 rings (SSSR count). The fraction of sp³-hybridized carbons (Fsp3) is 0.188. The Morgan fingerprint density at radius 3 is 2.67 bits per heavy atom. The normalized spacial score (nSPS) is 10.0. The zero-order valence-electron chi connectivity index (χ0n) is 12.1. The molecule has 0 aliphatic heterocycles. The van der Waals surface area contributed by atoms with Crippen LogP contribution in [0.25, 0.3) is 0 Å². The van der Waals surface area contributed by atoms with Crippen LogP contribution in [0.3, 0.4) is 0 Å². The Morgan fingerprint density at radius 1 is 1.19 bits per heavy atom. The van der Waals surface area contributed by atoms with Gasteiger partial charge in [-0.1, -0.05) is 12.1 Å². The van der Waals surface area contributed by atoms with Crippen LogP contribution < -0.4 is 21.1 Å². The van der Waals surface area contributed by atoms with Gasteiger partial charge in [0.2, 0.25) is 0 Å². The number of anilines is 3. The number of hydrogen-bond acceptors (Lipinski definition) is 4. The van der Waals surface area contributed by atoms with Crippen LogP contribution in [0.1, 0.15) is 17.3 Å². The van der Waals surface area contributed by atoms with E-state index in [1.165, 1.54) is 0 Å². The number of methoxy groups -OCH3 is 1. The first-order chi connectivity index (χ1) is 10.2. The van der Waals surface area contributed by atoms with Crippen molar-refractivity contribution in [1.82, 2.24) is 5.32 Å². The van der Waals surface area contributed by atoms with E-state index in [0.717, 1.165) is 5.69 Å². The highest BCUT2D eigenvalue weighted by Crippen LogP contribution is 2.29. The summed E-state index contributed by atoms with van der Waals surface area (Å²) in [7, 11) is 1.61. The summed E-state index contributed by atoms with van der Waals surface area (Å²) >= 11 is 0. The summed E-state index contributed by atoms with van der Waals surface area (Å²) in [6, 6.07) is 12.7. The highest BCUT2D eigenvalue weighted by atomic mass is 16.5. The molecule has 5 heteroatoms. The van der Waals surface area contributed by atoms with Crippen molar-refractivity contribution in [2.45, 2.75) is 6.92 Å². The Kier molecular flexibility index (Phi) is 4.66. The van der Waals surface area contributed by atoms with E-state index in [1.54, 1.807) is 25.3 Å². The topological polar surface area (TPSA) is 76.4 Å². The van der Waals surface area contributed by atoms with Crippen molar-refractivity contribution in [2.75, 3.05) is 24.7 Å².